The van der Waals surface area contributed by atoms with E-state index in [1.807, 2.05) is 0 Å². The van der Waals surface area contributed by atoms with Crippen molar-refractivity contribution in [3.05, 3.63) is 41.7 Å². The Balaban J connectivity index is 2.33. The van der Waals surface area contributed by atoms with E-state index in [9.17, 15) is 13.2 Å². The average molecular weight is 304 g/mol. The molecule has 0 aliphatic carbocycles. The Hall–Kier alpha value is -1.95. The molecule has 1 aromatic heterocycles. The summed E-state index contributed by atoms with van der Waals surface area (Å²) < 4.78 is 45.1. The molecule has 20 heavy (non-hydrogen) atoms. The van der Waals surface area contributed by atoms with Crippen molar-refractivity contribution in [2.24, 2.45) is 0 Å². The van der Waals surface area contributed by atoms with Gasteiger partial charge in [-0.2, -0.15) is 0 Å². The van der Waals surface area contributed by atoms with Crippen molar-refractivity contribution >= 4 is 11.6 Å². The van der Waals surface area contributed by atoms with Crippen LogP contribution >= 0.6 is 11.6 Å². The van der Waals surface area contributed by atoms with Crippen LogP contribution in [0.2, 0.25) is 5.15 Å². The number of alkyl halides is 3. The number of rotatable bonds is 3. The number of halogens is 4. The van der Waals surface area contributed by atoms with Crippen molar-refractivity contribution in [2.45, 2.75) is 6.36 Å². The second kappa shape index (κ2) is 5.58. The maximum absolute atomic E-state index is 12.1. The van der Waals surface area contributed by atoms with Crippen molar-refractivity contribution in [2.75, 3.05) is 7.11 Å². The fraction of sp³-hybridized carbons (Fsp3) is 0.154. The molecule has 3 nitrogen and oxygen atoms in total. The van der Waals surface area contributed by atoms with Crippen LogP contribution < -0.4 is 9.47 Å². The highest BCUT2D eigenvalue weighted by atomic mass is 35.5. The Labute approximate surface area is 117 Å². The highest BCUT2D eigenvalue weighted by Gasteiger charge is 2.30. The van der Waals surface area contributed by atoms with Gasteiger partial charge in [0.2, 0.25) is 0 Å². The van der Waals surface area contributed by atoms with E-state index in [0.717, 1.165) is 0 Å². The van der Waals surface area contributed by atoms with Gasteiger partial charge in [0.15, 0.2) is 0 Å². The van der Waals surface area contributed by atoms with Crippen molar-refractivity contribution < 1.29 is 22.6 Å². The molecule has 2 rings (SSSR count). The van der Waals surface area contributed by atoms with Gasteiger partial charge in [-0.15, -0.1) is 13.2 Å². The first-order valence-corrected chi connectivity index (χ1v) is 5.82. The largest absolute Gasteiger partial charge is 0.573 e. The fourth-order valence-electron chi connectivity index (χ4n) is 1.64. The summed E-state index contributed by atoms with van der Waals surface area (Å²) >= 11 is 5.80. The van der Waals surface area contributed by atoms with Gasteiger partial charge < -0.3 is 9.47 Å². The monoisotopic (exact) mass is 303 g/mol. The molecule has 1 aromatic carbocycles. The van der Waals surface area contributed by atoms with Crippen molar-refractivity contribution in [1.29, 1.82) is 0 Å². The molecule has 0 amide bonds. The topological polar surface area (TPSA) is 31.4 Å². The molecule has 0 spiro atoms. The minimum absolute atomic E-state index is 0.261. The van der Waals surface area contributed by atoms with E-state index in [-0.39, 0.29) is 10.9 Å². The van der Waals surface area contributed by atoms with Gasteiger partial charge in [-0.1, -0.05) is 23.7 Å². The molecule has 0 aliphatic rings. The molecule has 7 heteroatoms. The average Bonchev–Trinajstić information content (AvgIpc) is 2.38. The molecule has 0 N–H and O–H groups in total. The van der Waals surface area contributed by atoms with Gasteiger partial charge in [-0.05, 0) is 23.8 Å². The first kappa shape index (κ1) is 14.5. The normalized spacial score (nSPS) is 11.2. The van der Waals surface area contributed by atoms with Gasteiger partial charge in [0.1, 0.15) is 16.7 Å². The lowest BCUT2D eigenvalue weighted by atomic mass is 10.1. The van der Waals surface area contributed by atoms with Crippen LogP contribution in [0.25, 0.3) is 11.1 Å². The van der Waals surface area contributed by atoms with Crippen LogP contribution in [-0.2, 0) is 0 Å². The Kier molecular flexibility index (Phi) is 4.04. The zero-order valence-corrected chi connectivity index (χ0v) is 11.0. The number of methoxy groups -OCH3 is 1. The molecule has 2 aromatic rings. The summed E-state index contributed by atoms with van der Waals surface area (Å²) in [4.78, 5) is 3.87. The number of hydrogen-bond acceptors (Lipinski definition) is 3. The van der Waals surface area contributed by atoms with Crippen LogP contribution in [0.5, 0.6) is 11.5 Å². The molecule has 0 aliphatic heterocycles. The van der Waals surface area contributed by atoms with Crippen LogP contribution in [0.4, 0.5) is 13.2 Å². The Bertz CT molecular complexity index is 600. The Morgan fingerprint density at radius 1 is 1.15 bits per heavy atom. The smallest absolute Gasteiger partial charge is 0.494 e. The zero-order chi connectivity index (χ0) is 14.8. The molecule has 0 atom stereocenters. The molecule has 1 heterocycles. The number of pyridine rings is 1. The van der Waals surface area contributed by atoms with Gasteiger partial charge in [-0.25, -0.2) is 4.98 Å². The van der Waals surface area contributed by atoms with Crippen molar-refractivity contribution in [1.82, 2.24) is 4.98 Å². The minimum Gasteiger partial charge on any atom is -0.494 e. The van der Waals surface area contributed by atoms with Crippen molar-refractivity contribution in [3.8, 4) is 22.6 Å². The molecule has 106 valence electrons. The third-order valence-electron chi connectivity index (χ3n) is 2.45. The molecule has 0 bridgehead atoms. The molecule has 0 fully saturated rings. The number of hydrogen-bond donors (Lipinski definition) is 0. The maximum Gasteiger partial charge on any atom is 0.573 e. The molecular weight excluding hydrogens is 295 g/mol. The highest BCUT2D eigenvalue weighted by Crippen LogP contribution is 2.33. The standard InChI is InChI=1S/C13H9ClF3NO2/c1-19-11-7-18-12(14)6-10(11)8-2-4-9(5-3-8)20-13(15,16)17/h2-7H,1H3. The number of ether oxygens (including phenoxy) is 2. The molecule has 0 saturated carbocycles. The molecule has 0 unspecified atom stereocenters. The lowest BCUT2D eigenvalue weighted by Gasteiger charge is -2.11. The van der Waals surface area contributed by atoms with E-state index < -0.39 is 6.36 Å². The summed E-state index contributed by atoms with van der Waals surface area (Å²) in [7, 11) is 1.47. The molecular formula is C13H9ClF3NO2. The SMILES string of the molecule is COc1cnc(Cl)cc1-c1ccc(OC(F)(F)F)cc1. The lowest BCUT2D eigenvalue weighted by molar-refractivity contribution is -0.274. The third-order valence-corrected chi connectivity index (χ3v) is 2.66. The van der Waals surface area contributed by atoms with E-state index in [0.29, 0.717) is 16.9 Å². The van der Waals surface area contributed by atoms with E-state index in [4.69, 9.17) is 16.3 Å². The number of nitrogens with zero attached hydrogens (tertiary/aromatic N) is 1. The number of benzene rings is 1. The summed E-state index contributed by atoms with van der Waals surface area (Å²) in [6, 6.07) is 6.97. The molecule has 0 saturated heterocycles. The van der Waals surface area contributed by atoms with E-state index in [2.05, 4.69) is 9.72 Å². The Morgan fingerprint density at radius 2 is 1.80 bits per heavy atom. The minimum atomic E-state index is -4.71. The lowest BCUT2D eigenvalue weighted by Crippen LogP contribution is -2.16. The van der Waals surface area contributed by atoms with Crippen LogP contribution in [0, 0.1) is 0 Å². The summed E-state index contributed by atoms with van der Waals surface area (Å²) in [5, 5.41) is 0.261. The van der Waals surface area contributed by atoms with Gasteiger partial charge >= 0.3 is 6.36 Å². The summed E-state index contributed by atoms with van der Waals surface area (Å²) in [6.45, 7) is 0. The van der Waals surface area contributed by atoms with Gasteiger partial charge in [0, 0.05) is 5.56 Å². The van der Waals surface area contributed by atoms with Crippen LogP contribution in [0.1, 0.15) is 0 Å². The second-order valence-corrected chi connectivity index (χ2v) is 4.17. The predicted octanol–water partition coefficient (Wildman–Crippen LogP) is 4.31. The van der Waals surface area contributed by atoms with Gasteiger partial charge in [-0.3, -0.25) is 0 Å². The van der Waals surface area contributed by atoms with Gasteiger partial charge in [0.05, 0.1) is 13.3 Å². The van der Waals surface area contributed by atoms with Crippen LogP contribution in [0.15, 0.2) is 36.5 Å². The second-order valence-electron chi connectivity index (χ2n) is 3.78. The summed E-state index contributed by atoms with van der Waals surface area (Å²) in [5.41, 5.74) is 1.27. The van der Waals surface area contributed by atoms with Crippen LogP contribution in [0.3, 0.4) is 0 Å². The van der Waals surface area contributed by atoms with E-state index in [1.165, 1.54) is 37.6 Å². The third kappa shape index (κ3) is 3.54. The zero-order valence-electron chi connectivity index (χ0n) is 10.2. The quantitative estimate of drug-likeness (QED) is 0.792. The number of aromatic nitrogens is 1. The molecule has 0 radical (unpaired) electrons. The fourth-order valence-corrected chi connectivity index (χ4v) is 1.80. The summed E-state index contributed by atoms with van der Waals surface area (Å²) in [6.07, 6.45) is -3.27. The van der Waals surface area contributed by atoms with Gasteiger partial charge in [0.25, 0.3) is 0 Å². The highest BCUT2D eigenvalue weighted by molar-refractivity contribution is 6.29. The first-order valence-electron chi connectivity index (χ1n) is 5.45. The summed E-state index contributed by atoms with van der Waals surface area (Å²) in [5.74, 6) is 0.180. The van der Waals surface area contributed by atoms with Crippen LogP contribution in [-0.4, -0.2) is 18.5 Å². The Morgan fingerprint density at radius 3 is 2.35 bits per heavy atom. The predicted molar refractivity (Wildman–Crippen MR) is 67.9 cm³/mol. The van der Waals surface area contributed by atoms with Crippen molar-refractivity contribution in [3.63, 3.8) is 0 Å². The van der Waals surface area contributed by atoms with E-state index >= 15 is 0 Å². The van der Waals surface area contributed by atoms with E-state index in [1.54, 1.807) is 6.07 Å². The first-order chi connectivity index (χ1) is 9.39. The maximum atomic E-state index is 12.1.